The molecule has 0 spiro atoms. The average molecular weight is 417 g/mol. The molecule has 0 bridgehead atoms. The fourth-order valence-electron chi connectivity index (χ4n) is 4.28. The summed E-state index contributed by atoms with van der Waals surface area (Å²) in [5.41, 5.74) is 0.923. The summed E-state index contributed by atoms with van der Waals surface area (Å²) >= 11 is 6.27. The van der Waals surface area contributed by atoms with E-state index in [1.165, 1.54) is 0 Å². The summed E-state index contributed by atoms with van der Waals surface area (Å²) in [5, 5.41) is 0.289. The van der Waals surface area contributed by atoms with E-state index in [1.54, 1.807) is 13.2 Å². The molecule has 152 valence electrons. The summed E-state index contributed by atoms with van der Waals surface area (Å²) in [6.07, 6.45) is -0.00437. The zero-order valence-corrected chi connectivity index (χ0v) is 18.2. The Labute approximate surface area is 167 Å². The molecule has 27 heavy (non-hydrogen) atoms. The van der Waals surface area contributed by atoms with Gasteiger partial charge in [-0.05, 0) is 34.0 Å². The van der Waals surface area contributed by atoms with E-state index in [9.17, 15) is 8.42 Å². The van der Waals surface area contributed by atoms with Crippen LogP contribution < -0.4 is 9.47 Å². The molecular formula is C19H29ClN2O4S. The zero-order chi connectivity index (χ0) is 19.9. The molecule has 2 aliphatic heterocycles. The Morgan fingerprint density at radius 2 is 2.00 bits per heavy atom. The van der Waals surface area contributed by atoms with Crippen molar-refractivity contribution in [1.29, 1.82) is 0 Å². The first-order valence-corrected chi connectivity index (χ1v) is 11.3. The highest BCUT2D eigenvalue weighted by Crippen LogP contribution is 2.40. The number of ether oxygens (including phenoxy) is 2. The second-order valence-corrected chi connectivity index (χ2v) is 10.7. The number of nitrogens with zero attached hydrogens (tertiary/aromatic N) is 2. The molecule has 0 aromatic heterocycles. The fraction of sp³-hybridized carbons (Fsp3) is 0.684. The first kappa shape index (κ1) is 20.7. The second-order valence-electron chi connectivity index (χ2n) is 8.02. The second kappa shape index (κ2) is 7.78. The third-order valence-electron chi connectivity index (χ3n) is 5.47. The maximum atomic E-state index is 12.6. The van der Waals surface area contributed by atoms with Crippen molar-refractivity contribution < 1.29 is 17.9 Å². The van der Waals surface area contributed by atoms with Crippen molar-refractivity contribution in [2.24, 2.45) is 5.92 Å². The first-order chi connectivity index (χ1) is 12.6. The number of likely N-dealkylation sites (tertiary alicyclic amines) is 1. The predicted molar refractivity (Wildman–Crippen MR) is 108 cm³/mol. The van der Waals surface area contributed by atoms with Gasteiger partial charge in [0, 0.05) is 48.2 Å². The van der Waals surface area contributed by atoms with Gasteiger partial charge in [-0.2, -0.15) is 0 Å². The molecule has 0 radical (unpaired) electrons. The summed E-state index contributed by atoms with van der Waals surface area (Å²) in [7, 11) is 2.46. The molecule has 0 unspecified atom stereocenters. The number of rotatable bonds is 6. The van der Waals surface area contributed by atoms with Crippen molar-refractivity contribution in [3.05, 3.63) is 22.7 Å². The van der Waals surface area contributed by atoms with Crippen LogP contribution in [0.15, 0.2) is 12.1 Å². The molecule has 2 fully saturated rings. The highest BCUT2D eigenvalue weighted by molar-refractivity contribution is 7.92. The normalized spacial score (nSPS) is 27.3. The van der Waals surface area contributed by atoms with E-state index >= 15 is 0 Å². The lowest BCUT2D eigenvalue weighted by Crippen LogP contribution is -2.37. The van der Waals surface area contributed by atoms with E-state index in [1.807, 2.05) is 38.9 Å². The number of benzene rings is 1. The van der Waals surface area contributed by atoms with Gasteiger partial charge in [0.05, 0.1) is 24.2 Å². The largest absolute Gasteiger partial charge is 0.493 e. The Kier molecular flexibility index (Phi) is 5.96. The first-order valence-electron chi connectivity index (χ1n) is 9.25. The minimum Gasteiger partial charge on any atom is -0.493 e. The van der Waals surface area contributed by atoms with Crippen LogP contribution in [0.2, 0.25) is 5.02 Å². The van der Waals surface area contributed by atoms with Gasteiger partial charge >= 0.3 is 0 Å². The van der Waals surface area contributed by atoms with Crippen molar-refractivity contribution in [2.75, 3.05) is 40.0 Å². The predicted octanol–water partition coefficient (Wildman–Crippen LogP) is 2.29. The minimum absolute atomic E-state index is 0.00437. The molecule has 3 atom stereocenters. The van der Waals surface area contributed by atoms with E-state index in [2.05, 4.69) is 4.90 Å². The van der Waals surface area contributed by atoms with Crippen LogP contribution in [0.4, 0.5) is 0 Å². The number of methoxy groups -OCH3 is 1. The SMILES string of the molecule is COc1cc(Cl)cc(CN2C[C@H]3[C@H](N(C)C)CS(=O)(=O)[C@H]3C2)c1OC(C)C. The lowest BCUT2D eigenvalue weighted by molar-refractivity contribution is 0.214. The van der Waals surface area contributed by atoms with E-state index in [0.717, 1.165) is 12.1 Å². The minimum atomic E-state index is -3.06. The number of fused-ring (bicyclic) bond motifs is 1. The highest BCUT2D eigenvalue weighted by Gasteiger charge is 2.52. The van der Waals surface area contributed by atoms with Gasteiger partial charge in [-0.3, -0.25) is 4.90 Å². The zero-order valence-electron chi connectivity index (χ0n) is 16.6. The molecule has 1 aromatic carbocycles. The maximum absolute atomic E-state index is 12.6. The van der Waals surface area contributed by atoms with Gasteiger partial charge in [0.1, 0.15) is 0 Å². The summed E-state index contributed by atoms with van der Waals surface area (Å²) < 4.78 is 36.7. The lowest BCUT2D eigenvalue weighted by Gasteiger charge is -2.26. The molecule has 3 rings (SSSR count). The molecule has 6 nitrogen and oxygen atoms in total. The number of sulfone groups is 1. The Hall–Kier alpha value is -1.02. The lowest BCUT2D eigenvalue weighted by atomic mass is 10.00. The van der Waals surface area contributed by atoms with Crippen LogP contribution in [0.5, 0.6) is 11.5 Å². The van der Waals surface area contributed by atoms with Gasteiger partial charge in [-0.25, -0.2) is 8.42 Å². The molecule has 2 aliphatic rings. The van der Waals surface area contributed by atoms with Crippen LogP contribution >= 0.6 is 11.6 Å². The molecular weight excluding hydrogens is 388 g/mol. The van der Waals surface area contributed by atoms with Crippen LogP contribution in [-0.2, 0) is 16.4 Å². The topological polar surface area (TPSA) is 59.1 Å². The third kappa shape index (κ3) is 4.21. The van der Waals surface area contributed by atoms with Crippen molar-refractivity contribution in [3.8, 4) is 11.5 Å². The fourth-order valence-corrected chi connectivity index (χ4v) is 7.02. The Balaban J connectivity index is 1.86. The molecule has 8 heteroatoms. The van der Waals surface area contributed by atoms with Gasteiger partial charge in [0.2, 0.25) is 0 Å². The molecule has 0 N–H and O–H groups in total. The molecule has 2 heterocycles. The van der Waals surface area contributed by atoms with Crippen LogP contribution in [-0.4, -0.2) is 75.7 Å². The van der Waals surface area contributed by atoms with E-state index in [0.29, 0.717) is 29.6 Å². The number of hydrogen-bond donors (Lipinski definition) is 0. The van der Waals surface area contributed by atoms with Crippen molar-refractivity contribution in [1.82, 2.24) is 9.80 Å². The van der Waals surface area contributed by atoms with E-state index < -0.39 is 9.84 Å². The quantitative estimate of drug-likeness (QED) is 0.709. The monoisotopic (exact) mass is 416 g/mol. The Morgan fingerprint density at radius 1 is 1.30 bits per heavy atom. The van der Waals surface area contributed by atoms with Crippen molar-refractivity contribution in [2.45, 2.75) is 37.8 Å². The molecule has 0 aliphatic carbocycles. The highest BCUT2D eigenvalue weighted by atomic mass is 35.5. The van der Waals surface area contributed by atoms with E-state index in [4.69, 9.17) is 21.1 Å². The molecule has 0 saturated carbocycles. The molecule has 1 aromatic rings. The van der Waals surface area contributed by atoms with E-state index in [-0.39, 0.29) is 29.1 Å². The van der Waals surface area contributed by atoms with Gasteiger partial charge in [-0.15, -0.1) is 0 Å². The standard InChI is InChI=1S/C19H29ClN2O4S/c1-12(2)26-19-13(6-14(20)7-17(19)25-5)8-22-9-15-16(21(3)4)11-27(23,24)18(15)10-22/h6-7,12,15-16,18H,8-11H2,1-5H3/t15-,16+,18-/m0/s1. The van der Waals surface area contributed by atoms with Crippen molar-refractivity contribution in [3.63, 3.8) is 0 Å². The Morgan fingerprint density at radius 3 is 2.59 bits per heavy atom. The van der Waals surface area contributed by atoms with Gasteiger partial charge in [0.25, 0.3) is 0 Å². The average Bonchev–Trinajstić information content (AvgIpc) is 3.08. The van der Waals surface area contributed by atoms with Gasteiger partial charge < -0.3 is 14.4 Å². The Bertz CT molecular complexity index is 797. The summed E-state index contributed by atoms with van der Waals surface area (Å²) in [4.78, 5) is 4.24. The number of halogens is 1. The summed E-state index contributed by atoms with van der Waals surface area (Å²) in [5.74, 6) is 1.68. The molecule has 2 saturated heterocycles. The van der Waals surface area contributed by atoms with Gasteiger partial charge in [0.15, 0.2) is 21.3 Å². The van der Waals surface area contributed by atoms with Crippen LogP contribution in [0.25, 0.3) is 0 Å². The number of hydrogen-bond acceptors (Lipinski definition) is 6. The van der Waals surface area contributed by atoms with Crippen LogP contribution in [0.3, 0.4) is 0 Å². The van der Waals surface area contributed by atoms with Gasteiger partial charge in [-0.1, -0.05) is 11.6 Å². The maximum Gasteiger partial charge on any atom is 0.166 e. The molecule has 0 amide bonds. The summed E-state index contributed by atoms with van der Waals surface area (Å²) in [6.45, 7) is 5.82. The van der Waals surface area contributed by atoms with Crippen molar-refractivity contribution >= 4 is 21.4 Å². The summed E-state index contributed by atoms with van der Waals surface area (Å²) in [6, 6.07) is 3.70. The van der Waals surface area contributed by atoms with Crippen LogP contribution in [0.1, 0.15) is 19.4 Å². The third-order valence-corrected chi connectivity index (χ3v) is 7.92. The smallest absolute Gasteiger partial charge is 0.166 e. The van der Waals surface area contributed by atoms with Crippen LogP contribution in [0, 0.1) is 5.92 Å².